The molecule has 0 heterocycles. The lowest BCUT2D eigenvalue weighted by Crippen LogP contribution is -2.25. The molecule has 1 aromatic carbocycles. The van der Waals surface area contributed by atoms with Crippen LogP contribution in [-0.4, -0.2) is 19.6 Å². The van der Waals surface area contributed by atoms with Crippen molar-refractivity contribution in [1.82, 2.24) is 5.32 Å². The number of carbonyl (C=O) groups excluding carboxylic acids is 1. The largest absolute Gasteiger partial charge is 0.496 e. The Kier molecular flexibility index (Phi) is 6.97. The van der Waals surface area contributed by atoms with Crippen molar-refractivity contribution in [3.05, 3.63) is 39.9 Å². The van der Waals surface area contributed by atoms with Crippen molar-refractivity contribution in [2.24, 2.45) is 0 Å². The van der Waals surface area contributed by atoms with E-state index >= 15 is 0 Å². The second kappa shape index (κ2) is 8.99. The number of rotatable bonds is 7. The van der Waals surface area contributed by atoms with Crippen molar-refractivity contribution in [2.75, 3.05) is 13.7 Å². The van der Waals surface area contributed by atoms with E-state index in [1.807, 2.05) is 18.2 Å². The molecule has 0 saturated heterocycles. The average Bonchev–Trinajstić information content (AvgIpc) is 2.54. The van der Waals surface area contributed by atoms with Gasteiger partial charge >= 0.3 is 0 Å². The summed E-state index contributed by atoms with van der Waals surface area (Å²) in [5.41, 5.74) is 2.64. The molecule has 1 N–H and O–H groups in total. The van der Waals surface area contributed by atoms with E-state index in [9.17, 15) is 4.79 Å². The molecule has 1 aromatic rings. The second-order valence-corrected chi connectivity index (χ2v) is 6.53. The van der Waals surface area contributed by atoms with Crippen molar-refractivity contribution >= 4 is 21.8 Å². The minimum atomic E-state index is 0.128. The number of methoxy groups -OCH3 is 1. The van der Waals surface area contributed by atoms with Crippen LogP contribution in [0.15, 0.2) is 34.3 Å². The summed E-state index contributed by atoms with van der Waals surface area (Å²) in [5, 5.41) is 3.02. The van der Waals surface area contributed by atoms with Crippen LogP contribution in [0.3, 0.4) is 0 Å². The van der Waals surface area contributed by atoms with Crippen LogP contribution in [0, 0.1) is 0 Å². The summed E-state index contributed by atoms with van der Waals surface area (Å²) in [5.74, 6) is 0.942. The number of allylic oxidation sites excluding steroid dienone is 1. The third-order valence-electron chi connectivity index (χ3n) is 4.01. The first kappa shape index (κ1) is 17.1. The van der Waals surface area contributed by atoms with Gasteiger partial charge in [0.1, 0.15) is 5.75 Å². The molecule has 0 atom stereocenters. The fourth-order valence-corrected chi connectivity index (χ4v) is 3.29. The molecule has 0 spiro atoms. The van der Waals surface area contributed by atoms with E-state index in [1.54, 1.807) is 7.11 Å². The highest BCUT2D eigenvalue weighted by Gasteiger charge is 2.07. The Balaban J connectivity index is 1.69. The van der Waals surface area contributed by atoms with Crippen molar-refractivity contribution in [3.8, 4) is 5.75 Å². The molecular formula is C18H24BrNO2. The predicted octanol–water partition coefficient (Wildman–Crippen LogP) is 4.40. The molecule has 0 fully saturated rings. The molecule has 0 bridgehead atoms. The lowest BCUT2D eigenvalue weighted by Gasteiger charge is -2.13. The number of ether oxygens (including phenoxy) is 1. The van der Waals surface area contributed by atoms with E-state index in [4.69, 9.17) is 4.74 Å². The summed E-state index contributed by atoms with van der Waals surface area (Å²) in [7, 11) is 1.65. The van der Waals surface area contributed by atoms with Gasteiger partial charge in [-0.2, -0.15) is 0 Å². The monoisotopic (exact) mass is 365 g/mol. The van der Waals surface area contributed by atoms with Crippen molar-refractivity contribution in [3.63, 3.8) is 0 Å². The fourth-order valence-electron chi connectivity index (χ4n) is 2.71. The van der Waals surface area contributed by atoms with Gasteiger partial charge in [0, 0.05) is 13.0 Å². The SMILES string of the molecule is COc1ccc(CCC(=O)NCCC2=CCCCC2)cc1Br. The molecule has 0 saturated carbocycles. The Morgan fingerprint density at radius 3 is 2.86 bits per heavy atom. The predicted molar refractivity (Wildman–Crippen MR) is 93.2 cm³/mol. The lowest BCUT2D eigenvalue weighted by molar-refractivity contribution is -0.121. The molecule has 3 nitrogen and oxygen atoms in total. The highest BCUT2D eigenvalue weighted by Crippen LogP contribution is 2.26. The molecule has 1 aliphatic carbocycles. The first-order valence-electron chi connectivity index (χ1n) is 7.96. The van der Waals surface area contributed by atoms with Crippen LogP contribution in [0.2, 0.25) is 0 Å². The number of nitrogens with one attached hydrogen (secondary N) is 1. The van der Waals surface area contributed by atoms with Crippen LogP contribution in [-0.2, 0) is 11.2 Å². The number of benzene rings is 1. The van der Waals surface area contributed by atoms with Crippen LogP contribution in [0.5, 0.6) is 5.75 Å². The maximum atomic E-state index is 11.9. The van der Waals surface area contributed by atoms with Crippen LogP contribution in [0.1, 0.15) is 44.1 Å². The summed E-state index contributed by atoms with van der Waals surface area (Å²) < 4.78 is 6.13. The van der Waals surface area contributed by atoms with Crippen LogP contribution in [0.4, 0.5) is 0 Å². The highest BCUT2D eigenvalue weighted by molar-refractivity contribution is 9.10. The van der Waals surface area contributed by atoms with E-state index in [0.717, 1.165) is 35.2 Å². The second-order valence-electron chi connectivity index (χ2n) is 5.68. The number of hydrogen-bond acceptors (Lipinski definition) is 2. The van der Waals surface area contributed by atoms with E-state index in [2.05, 4.69) is 27.3 Å². The van der Waals surface area contributed by atoms with Gasteiger partial charge in [-0.05, 0) is 72.2 Å². The van der Waals surface area contributed by atoms with E-state index in [1.165, 1.54) is 31.3 Å². The van der Waals surface area contributed by atoms with E-state index < -0.39 is 0 Å². The minimum absolute atomic E-state index is 0.128. The molecule has 4 heteroatoms. The molecule has 0 aliphatic heterocycles. The Labute approximate surface area is 141 Å². The minimum Gasteiger partial charge on any atom is -0.496 e. The van der Waals surface area contributed by atoms with Gasteiger partial charge in [0.15, 0.2) is 0 Å². The van der Waals surface area contributed by atoms with Crippen LogP contribution >= 0.6 is 15.9 Å². The number of hydrogen-bond donors (Lipinski definition) is 1. The Morgan fingerprint density at radius 2 is 2.18 bits per heavy atom. The lowest BCUT2D eigenvalue weighted by atomic mass is 9.97. The number of halogens is 1. The van der Waals surface area contributed by atoms with Crippen molar-refractivity contribution in [1.29, 1.82) is 0 Å². The zero-order valence-electron chi connectivity index (χ0n) is 13.2. The molecule has 1 aliphatic rings. The van der Waals surface area contributed by atoms with Crippen LogP contribution < -0.4 is 10.1 Å². The van der Waals surface area contributed by atoms with Gasteiger partial charge < -0.3 is 10.1 Å². The topological polar surface area (TPSA) is 38.3 Å². The third-order valence-corrected chi connectivity index (χ3v) is 4.63. The average molecular weight is 366 g/mol. The summed E-state index contributed by atoms with van der Waals surface area (Å²) in [6.45, 7) is 0.761. The van der Waals surface area contributed by atoms with Gasteiger partial charge in [0.25, 0.3) is 0 Å². The fraction of sp³-hybridized carbons (Fsp3) is 0.500. The smallest absolute Gasteiger partial charge is 0.220 e. The first-order valence-corrected chi connectivity index (χ1v) is 8.75. The summed E-state index contributed by atoms with van der Waals surface area (Å²) in [4.78, 5) is 11.9. The van der Waals surface area contributed by atoms with E-state index in [-0.39, 0.29) is 5.91 Å². The van der Waals surface area contributed by atoms with Gasteiger partial charge in [-0.1, -0.05) is 17.7 Å². The Hall–Kier alpha value is -1.29. The Morgan fingerprint density at radius 1 is 1.32 bits per heavy atom. The zero-order valence-corrected chi connectivity index (χ0v) is 14.7. The summed E-state index contributed by atoms with van der Waals surface area (Å²) in [6.07, 6.45) is 9.63. The van der Waals surface area contributed by atoms with Crippen molar-refractivity contribution in [2.45, 2.75) is 44.9 Å². The maximum Gasteiger partial charge on any atom is 0.220 e. The van der Waals surface area contributed by atoms with Gasteiger partial charge in [0.05, 0.1) is 11.6 Å². The molecule has 0 radical (unpaired) electrons. The third kappa shape index (κ3) is 5.48. The molecule has 22 heavy (non-hydrogen) atoms. The first-order chi connectivity index (χ1) is 10.7. The van der Waals surface area contributed by atoms with Crippen molar-refractivity contribution < 1.29 is 9.53 Å². The number of amides is 1. The molecule has 0 unspecified atom stereocenters. The maximum absolute atomic E-state index is 11.9. The number of aryl methyl sites for hydroxylation is 1. The van der Waals surface area contributed by atoms with Gasteiger partial charge in [0.2, 0.25) is 5.91 Å². The molecule has 1 amide bonds. The van der Waals surface area contributed by atoms with Gasteiger partial charge in [-0.15, -0.1) is 0 Å². The van der Waals surface area contributed by atoms with Gasteiger partial charge in [-0.3, -0.25) is 4.79 Å². The molecule has 2 rings (SSSR count). The van der Waals surface area contributed by atoms with Gasteiger partial charge in [-0.25, -0.2) is 0 Å². The standard InChI is InChI=1S/C18H24BrNO2/c1-22-17-9-7-15(13-16(17)19)8-10-18(21)20-12-11-14-5-3-2-4-6-14/h5,7,9,13H,2-4,6,8,10-12H2,1H3,(H,20,21). The summed E-state index contributed by atoms with van der Waals surface area (Å²) in [6, 6.07) is 5.94. The number of carbonyl (C=O) groups is 1. The molecular weight excluding hydrogens is 342 g/mol. The molecule has 0 aromatic heterocycles. The summed E-state index contributed by atoms with van der Waals surface area (Å²) >= 11 is 3.47. The highest BCUT2D eigenvalue weighted by atomic mass is 79.9. The van der Waals surface area contributed by atoms with Crippen LogP contribution in [0.25, 0.3) is 0 Å². The zero-order chi connectivity index (χ0) is 15.8. The molecule has 120 valence electrons. The normalized spacial score (nSPS) is 14.4. The quantitative estimate of drug-likeness (QED) is 0.727. The van der Waals surface area contributed by atoms with E-state index in [0.29, 0.717) is 6.42 Å². The Bertz CT molecular complexity index is 540.